The molecule has 5 nitrogen and oxygen atoms in total. The van der Waals surface area contributed by atoms with Crippen molar-refractivity contribution in [3.05, 3.63) is 34.3 Å². The molecule has 21 heavy (non-hydrogen) atoms. The van der Waals surface area contributed by atoms with Gasteiger partial charge in [-0.1, -0.05) is 23.5 Å². The predicted octanol–water partition coefficient (Wildman–Crippen LogP) is 3.05. The first-order valence-corrected chi connectivity index (χ1v) is 7.77. The maximum atomic E-state index is 11.9. The van der Waals surface area contributed by atoms with Crippen molar-refractivity contribution in [2.75, 3.05) is 11.9 Å². The zero-order valence-electron chi connectivity index (χ0n) is 12.0. The van der Waals surface area contributed by atoms with E-state index < -0.39 is 0 Å². The molecule has 6 heteroatoms. The van der Waals surface area contributed by atoms with Gasteiger partial charge in [0.05, 0.1) is 0 Å². The van der Waals surface area contributed by atoms with E-state index in [1.165, 1.54) is 24.2 Å². The van der Waals surface area contributed by atoms with Gasteiger partial charge in [0, 0.05) is 5.92 Å². The predicted molar refractivity (Wildman–Crippen MR) is 81.9 cm³/mol. The maximum absolute atomic E-state index is 11.9. The average molecular weight is 303 g/mol. The van der Waals surface area contributed by atoms with Gasteiger partial charge in [-0.05, 0) is 43.9 Å². The first-order chi connectivity index (χ1) is 10.1. The fourth-order valence-corrected chi connectivity index (χ4v) is 2.89. The first-order valence-electron chi connectivity index (χ1n) is 6.96. The van der Waals surface area contributed by atoms with Crippen LogP contribution in [0.5, 0.6) is 5.75 Å². The molecular weight excluding hydrogens is 286 g/mol. The third-order valence-corrected chi connectivity index (χ3v) is 4.53. The molecule has 110 valence electrons. The van der Waals surface area contributed by atoms with Crippen LogP contribution in [0.1, 0.15) is 34.9 Å². The fraction of sp³-hybridized carbons (Fsp3) is 0.400. The lowest BCUT2D eigenvalue weighted by Gasteiger charge is -2.10. The minimum Gasteiger partial charge on any atom is -0.483 e. The summed E-state index contributed by atoms with van der Waals surface area (Å²) in [6.07, 6.45) is 2.36. The van der Waals surface area contributed by atoms with Gasteiger partial charge in [-0.25, -0.2) is 0 Å². The Kier molecular flexibility index (Phi) is 3.88. The number of hydrogen-bond donors (Lipinski definition) is 1. The Balaban J connectivity index is 1.54. The SMILES string of the molecule is Cc1cccc(OCC(=O)Nc2nnc(C3CC3)s2)c1C. The van der Waals surface area contributed by atoms with Crippen LogP contribution < -0.4 is 10.1 Å². The van der Waals surface area contributed by atoms with Gasteiger partial charge in [-0.3, -0.25) is 10.1 Å². The largest absolute Gasteiger partial charge is 0.483 e. The van der Waals surface area contributed by atoms with E-state index >= 15 is 0 Å². The number of carbonyl (C=O) groups is 1. The van der Waals surface area contributed by atoms with E-state index in [0.717, 1.165) is 21.9 Å². The molecule has 1 fully saturated rings. The Morgan fingerprint density at radius 3 is 2.95 bits per heavy atom. The number of aryl methyl sites for hydroxylation is 1. The molecule has 0 saturated heterocycles. The van der Waals surface area contributed by atoms with Crippen LogP contribution in [0.15, 0.2) is 18.2 Å². The molecule has 1 aromatic carbocycles. The van der Waals surface area contributed by atoms with E-state index in [0.29, 0.717) is 11.0 Å². The van der Waals surface area contributed by atoms with Crippen LogP contribution in [0.25, 0.3) is 0 Å². The molecule has 1 aromatic heterocycles. The van der Waals surface area contributed by atoms with Gasteiger partial charge in [-0.15, -0.1) is 10.2 Å². The standard InChI is InChI=1S/C15H17N3O2S/c1-9-4-3-5-12(10(9)2)20-8-13(19)16-15-18-17-14(21-15)11-6-7-11/h3-5,11H,6-8H2,1-2H3,(H,16,18,19). The Labute approximate surface area is 127 Å². The number of hydrogen-bond acceptors (Lipinski definition) is 5. The molecule has 1 aliphatic rings. The summed E-state index contributed by atoms with van der Waals surface area (Å²) in [6.45, 7) is 3.97. The number of carbonyl (C=O) groups excluding carboxylic acids is 1. The molecule has 0 atom stereocenters. The number of nitrogens with one attached hydrogen (secondary N) is 1. The summed E-state index contributed by atoms with van der Waals surface area (Å²) >= 11 is 1.45. The highest BCUT2D eigenvalue weighted by atomic mass is 32.1. The highest BCUT2D eigenvalue weighted by molar-refractivity contribution is 7.15. The molecule has 1 N–H and O–H groups in total. The van der Waals surface area contributed by atoms with Crippen molar-refractivity contribution >= 4 is 22.4 Å². The normalized spacial score (nSPS) is 14.0. The third kappa shape index (κ3) is 3.39. The van der Waals surface area contributed by atoms with Crippen molar-refractivity contribution in [3.63, 3.8) is 0 Å². The number of nitrogens with zero attached hydrogens (tertiary/aromatic N) is 2. The number of ether oxygens (including phenoxy) is 1. The van der Waals surface area contributed by atoms with Crippen LogP contribution in [0.2, 0.25) is 0 Å². The van der Waals surface area contributed by atoms with Gasteiger partial charge < -0.3 is 4.74 Å². The van der Waals surface area contributed by atoms with Crippen LogP contribution >= 0.6 is 11.3 Å². The average Bonchev–Trinajstić information content (AvgIpc) is 3.21. The van der Waals surface area contributed by atoms with Crippen LogP contribution in [0, 0.1) is 13.8 Å². The molecule has 3 rings (SSSR count). The molecule has 1 aliphatic carbocycles. The van der Waals surface area contributed by atoms with E-state index in [2.05, 4.69) is 15.5 Å². The molecule has 0 radical (unpaired) electrons. The number of aromatic nitrogens is 2. The van der Waals surface area contributed by atoms with Gasteiger partial charge in [0.2, 0.25) is 5.13 Å². The lowest BCUT2D eigenvalue weighted by Crippen LogP contribution is -2.20. The quantitative estimate of drug-likeness (QED) is 0.922. The second-order valence-corrected chi connectivity index (χ2v) is 6.26. The van der Waals surface area contributed by atoms with Crippen molar-refractivity contribution in [1.29, 1.82) is 0 Å². The second kappa shape index (κ2) is 5.81. The minimum atomic E-state index is -0.214. The van der Waals surface area contributed by atoms with Crippen LogP contribution in [-0.2, 0) is 4.79 Å². The summed E-state index contributed by atoms with van der Waals surface area (Å²) in [5.41, 5.74) is 2.20. The Morgan fingerprint density at radius 2 is 2.19 bits per heavy atom. The molecule has 1 saturated carbocycles. The van der Waals surface area contributed by atoms with Crippen molar-refractivity contribution in [2.24, 2.45) is 0 Å². The molecular formula is C15H17N3O2S. The molecule has 0 aliphatic heterocycles. The molecule has 1 heterocycles. The lowest BCUT2D eigenvalue weighted by molar-refractivity contribution is -0.118. The van der Waals surface area contributed by atoms with Gasteiger partial charge in [-0.2, -0.15) is 0 Å². The molecule has 1 amide bonds. The van der Waals surface area contributed by atoms with Crippen molar-refractivity contribution < 1.29 is 9.53 Å². The summed E-state index contributed by atoms with van der Waals surface area (Å²) < 4.78 is 5.56. The zero-order chi connectivity index (χ0) is 14.8. The van der Waals surface area contributed by atoms with E-state index in [1.807, 2.05) is 32.0 Å². The fourth-order valence-electron chi connectivity index (χ4n) is 1.96. The maximum Gasteiger partial charge on any atom is 0.264 e. The highest BCUT2D eigenvalue weighted by Gasteiger charge is 2.27. The monoisotopic (exact) mass is 303 g/mol. The number of amides is 1. The van der Waals surface area contributed by atoms with Gasteiger partial charge in [0.15, 0.2) is 6.61 Å². The lowest BCUT2D eigenvalue weighted by atomic mass is 10.1. The van der Waals surface area contributed by atoms with Crippen molar-refractivity contribution in [1.82, 2.24) is 10.2 Å². The first kappa shape index (κ1) is 14.0. The molecule has 0 bridgehead atoms. The summed E-state index contributed by atoms with van der Waals surface area (Å²) in [4.78, 5) is 11.9. The number of benzene rings is 1. The topological polar surface area (TPSA) is 64.1 Å². The Hall–Kier alpha value is -1.95. The summed E-state index contributed by atoms with van der Waals surface area (Å²) in [6, 6.07) is 5.80. The van der Waals surface area contributed by atoms with Gasteiger partial charge in [0.25, 0.3) is 5.91 Å². The second-order valence-electron chi connectivity index (χ2n) is 5.25. The van der Waals surface area contributed by atoms with Crippen LogP contribution in [-0.4, -0.2) is 22.7 Å². The number of anilines is 1. The Morgan fingerprint density at radius 1 is 1.38 bits per heavy atom. The van der Waals surface area contributed by atoms with Gasteiger partial charge >= 0.3 is 0 Å². The highest BCUT2D eigenvalue weighted by Crippen LogP contribution is 2.42. The van der Waals surface area contributed by atoms with Crippen molar-refractivity contribution in [3.8, 4) is 5.75 Å². The van der Waals surface area contributed by atoms with Crippen molar-refractivity contribution in [2.45, 2.75) is 32.6 Å². The van der Waals surface area contributed by atoms with Crippen LogP contribution in [0.4, 0.5) is 5.13 Å². The zero-order valence-corrected chi connectivity index (χ0v) is 12.9. The number of rotatable bonds is 5. The summed E-state index contributed by atoms with van der Waals surface area (Å²) in [5, 5.41) is 12.4. The van der Waals surface area contributed by atoms with E-state index in [-0.39, 0.29) is 12.5 Å². The van der Waals surface area contributed by atoms with E-state index in [9.17, 15) is 4.79 Å². The van der Waals surface area contributed by atoms with Gasteiger partial charge in [0.1, 0.15) is 10.8 Å². The molecule has 0 unspecified atom stereocenters. The smallest absolute Gasteiger partial charge is 0.264 e. The molecule has 0 spiro atoms. The summed E-state index contributed by atoms with van der Waals surface area (Å²) in [7, 11) is 0. The van der Waals surface area contributed by atoms with Crippen LogP contribution in [0.3, 0.4) is 0 Å². The van der Waals surface area contributed by atoms with E-state index in [1.54, 1.807) is 0 Å². The van der Waals surface area contributed by atoms with E-state index in [4.69, 9.17) is 4.74 Å². The third-order valence-electron chi connectivity index (χ3n) is 3.53. The Bertz CT molecular complexity index is 665. The molecule has 2 aromatic rings. The minimum absolute atomic E-state index is 0.0252. The summed E-state index contributed by atoms with van der Waals surface area (Å²) in [5.74, 6) is 1.08.